The number of rotatable bonds is 5. The standard InChI is InChI=1S/C27H20F3N7S/c28-20-9-22-19(8-18(20)17-7-15(10-31-11-17)12-37-5-3-27(29,30)14-37)24(36-35-22)26-33-21-1-4-32-23(25(21)34-26)16-2-6-38-13-16/h1-2,4,6-11,13H,3,5,12,14H2,(H,33,34)(H,35,36). The summed E-state index contributed by atoms with van der Waals surface area (Å²) in [5.74, 6) is -2.57. The van der Waals surface area contributed by atoms with Crippen molar-refractivity contribution in [3.05, 3.63) is 71.1 Å². The molecule has 0 radical (unpaired) electrons. The Morgan fingerprint density at radius 2 is 1.97 bits per heavy atom. The van der Waals surface area contributed by atoms with Crippen LogP contribution in [-0.4, -0.2) is 54.0 Å². The predicted octanol–water partition coefficient (Wildman–Crippen LogP) is 6.27. The second-order valence-corrected chi connectivity index (χ2v) is 10.3. The normalized spacial score (nSPS) is 15.7. The fraction of sp³-hybridized carbons (Fsp3) is 0.185. The van der Waals surface area contributed by atoms with Crippen LogP contribution in [0.4, 0.5) is 13.2 Å². The number of likely N-dealkylation sites (tertiary alicyclic amines) is 1. The molecular weight excluding hydrogens is 511 g/mol. The first kappa shape index (κ1) is 23.1. The van der Waals surface area contributed by atoms with Gasteiger partial charge in [0.05, 0.1) is 23.3 Å². The van der Waals surface area contributed by atoms with E-state index in [-0.39, 0.29) is 13.0 Å². The zero-order valence-electron chi connectivity index (χ0n) is 19.9. The van der Waals surface area contributed by atoms with Crippen LogP contribution in [0.15, 0.2) is 59.7 Å². The molecule has 0 spiro atoms. The van der Waals surface area contributed by atoms with Crippen molar-refractivity contribution in [3.8, 4) is 33.9 Å². The number of imidazole rings is 1. The number of aromatic amines is 2. The summed E-state index contributed by atoms with van der Waals surface area (Å²) in [5, 5.41) is 12.0. The van der Waals surface area contributed by atoms with Crippen LogP contribution in [0, 0.1) is 5.82 Å². The highest BCUT2D eigenvalue weighted by atomic mass is 32.1. The minimum Gasteiger partial charge on any atom is -0.336 e. The van der Waals surface area contributed by atoms with E-state index < -0.39 is 11.7 Å². The van der Waals surface area contributed by atoms with E-state index in [1.54, 1.807) is 47.0 Å². The Labute approximate surface area is 218 Å². The van der Waals surface area contributed by atoms with Gasteiger partial charge in [0, 0.05) is 71.6 Å². The summed E-state index contributed by atoms with van der Waals surface area (Å²) in [6, 6.07) is 8.77. The van der Waals surface area contributed by atoms with Gasteiger partial charge in [-0.3, -0.25) is 20.0 Å². The summed E-state index contributed by atoms with van der Waals surface area (Å²) in [6.07, 6.45) is 4.79. The van der Waals surface area contributed by atoms with Crippen molar-refractivity contribution < 1.29 is 13.2 Å². The third-order valence-corrected chi connectivity index (χ3v) is 7.51. The van der Waals surface area contributed by atoms with Crippen LogP contribution in [0.5, 0.6) is 0 Å². The highest BCUT2D eigenvalue weighted by molar-refractivity contribution is 7.08. The lowest BCUT2D eigenvalue weighted by atomic mass is 10.0. The number of nitrogens with zero attached hydrogens (tertiary/aromatic N) is 5. The van der Waals surface area contributed by atoms with Gasteiger partial charge in [-0.05, 0) is 35.2 Å². The maximum atomic E-state index is 15.2. The van der Waals surface area contributed by atoms with Crippen LogP contribution in [0.2, 0.25) is 0 Å². The van der Waals surface area contributed by atoms with E-state index in [2.05, 4.69) is 25.1 Å². The Morgan fingerprint density at radius 1 is 1.05 bits per heavy atom. The molecule has 1 aliphatic rings. The van der Waals surface area contributed by atoms with Crippen LogP contribution in [-0.2, 0) is 6.54 Å². The van der Waals surface area contributed by atoms with E-state index in [0.717, 1.165) is 27.9 Å². The Bertz CT molecular complexity index is 1790. The summed E-state index contributed by atoms with van der Waals surface area (Å²) >= 11 is 1.59. The lowest BCUT2D eigenvalue weighted by Gasteiger charge is -2.16. The number of alkyl halides is 2. The number of fused-ring (bicyclic) bond motifs is 2. The van der Waals surface area contributed by atoms with E-state index in [1.165, 1.54) is 6.07 Å². The van der Waals surface area contributed by atoms with Gasteiger partial charge in [0.2, 0.25) is 0 Å². The predicted molar refractivity (Wildman–Crippen MR) is 140 cm³/mol. The number of benzene rings is 1. The van der Waals surface area contributed by atoms with E-state index in [1.807, 2.05) is 22.9 Å². The maximum Gasteiger partial charge on any atom is 0.261 e. The molecule has 1 aromatic carbocycles. The quantitative estimate of drug-likeness (QED) is 0.274. The average molecular weight is 532 g/mol. The molecule has 0 aliphatic carbocycles. The first-order chi connectivity index (χ1) is 18.4. The number of hydrogen-bond acceptors (Lipinski definition) is 6. The van der Waals surface area contributed by atoms with Crippen molar-refractivity contribution in [2.45, 2.75) is 18.9 Å². The summed E-state index contributed by atoms with van der Waals surface area (Å²) in [5.41, 5.74) is 6.04. The molecule has 2 N–H and O–H groups in total. The zero-order chi connectivity index (χ0) is 25.9. The molecule has 7 nitrogen and oxygen atoms in total. The van der Waals surface area contributed by atoms with Gasteiger partial charge in [0.1, 0.15) is 17.0 Å². The fourth-order valence-corrected chi connectivity index (χ4v) is 5.66. The van der Waals surface area contributed by atoms with Gasteiger partial charge in [-0.1, -0.05) is 0 Å². The third kappa shape index (κ3) is 4.04. The van der Waals surface area contributed by atoms with Gasteiger partial charge in [-0.2, -0.15) is 16.4 Å². The number of nitrogens with one attached hydrogen (secondary N) is 2. The van der Waals surface area contributed by atoms with E-state index in [9.17, 15) is 8.78 Å². The summed E-state index contributed by atoms with van der Waals surface area (Å²) in [6.45, 7) is 0.366. The highest BCUT2D eigenvalue weighted by Gasteiger charge is 2.37. The fourth-order valence-electron chi connectivity index (χ4n) is 5.02. The number of hydrogen-bond donors (Lipinski definition) is 2. The molecule has 6 heterocycles. The summed E-state index contributed by atoms with van der Waals surface area (Å²) < 4.78 is 42.5. The van der Waals surface area contributed by atoms with E-state index in [0.29, 0.717) is 46.6 Å². The van der Waals surface area contributed by atoms with Crippen LogP contribution in [0.3, 0.4) is 0 Å². The largest absolute Gasteiger partial charge is 0.336 e. The van der Waals surface area contributed by atoms with Crippen LogP contribution < -0.4 is 0 Å². The molecule has 5 aromatic heterocycles. The molecule has 0 bridgehead atoms. The molecule has 38 heavy (non-hydrogen) atoms. The molecule has 6 aromatic rings. The van der Waals surface area contributed by atoms with Gasteiger partial charge >= 0.3 is 0 Å². The molecular formula is C27H20F3N7S. The molecule has 0 amide bonds. The topological polar surface area (TPSA) is 86.4 Å². The second-order valence-electron chi connectivity index (χ2n) is 9.50. The average Bonchev–Trinajstić information content (AvgIpc) is 3.69. The smallest absolute Gasteiger partial charge is 0.261 e. The molecule has 190 valence electrons. The van der Waals surface area contributed by atoms with Gasteiger partial charge in [0.15, 0.2) is 5.82 Å². The lowest BCUT2D eigenvalue weighted by Crippen LogP contribution is -2.24. The summed E-state index contributed by atoms with van der Waals surface area (Å²) in [7, 11) is 0. The molecule has 0 unspecified atom stereocenters. The minimum absolute atomic E-state index is 0.151. The van der Waals surface area contributed by atoms with Gasteiger partial charge < -0.3 is 4.98 Å². The van der Waals surface area contributed by atoms with Crippen molar-refractivity contribution in [2.75, 3.05) is 13.1 Å². The van der Waals surface area contributed by atoms with Crippen molar-refractivity contribution in [1.82, 2.24) is 35.0 Å². The number of H-pyrrole nitrogens is 2. The van der Waals surface area contributed by atoms with Crippen molar-refractivity contribution >= 4 is 33.3 Å². The molecule has 0 atom stereocenters. The van der Waals surface area contributed by atoms with Crippen LogP contribution >= 0.6 is 11.3 Å². The minimum atomic E-state index is -2.67. The Hall–Kier alpha value is -4.09. The number of halogens is 3. The molecule has 7 rings (SSSR count). The number of pyridine rings is 2. The molecule has 1 saturated heterocycles. The summed E-state index contributed by atoms with van der Waals surface area (Å²) in [4.78, 5) is 18.6. The monoisotopic (exact) mass is 531 g/mol. The first-order valence-corrected chi connectivity index (χ1v) is 13.0. The molecule has 1 fully saturated rings. The Morgan fingerprint density at radius 3 is 2.79 bits per heavy atom. The van der Waals surface area contributed by atoms with Gasteiger partial charge in [-0.25, -0.2) is 18.2 Å². The number of thiophene rings is 1. The first-order valence-electron chi connectivity index (χ1n) is 12.0. The maximum absolute atomic E-state index is 15.2. The number of aromatic nitrogens is 6. The van der Waals surface area contributed by atoms with Crippen molar-refractivity contribution in [1.29, 1.82) is 0 Å². The van der Waals surface area contributed by atoms with E-state index >= 15 is 4.39 Å². The molecule has 0 saturated carbocycles. The van der Waals surface area contributed by atoms with Crippen LogP contribution in [0.25, 0.3) is 55.8 Å². The lowest BCUT2D eigenvalue weighted by molar-refractivity contribution is 0.0115. The van der Waals surface area contributed by atoms with Crippen molar-refractivity contribution in [3.63, 3.8) is 0 Å². The SMILES string of the molecule is Fc1cc2[nH]nc(-c3nc4c(-c5ccsc5)nccc4[nH]3)c2cc1-c1cncc(CN2CCC(F)(F)C2)c1. The molecule has 1 aliphatic heterocycles. The van der Waals surface area contributed by atoms with E-state index in [4.69, 9.17) is 4.98 Å². The van der Waals surface area contributed by atoms with Gasteiger partial charge in [0.25, 0.3) is 5.92 Å². The molecule has 11 heteroatoms. The Balaban J connectivity index is 1.27. The van der Waals surface area contributed by atoms with Crippen LogP contribution in [0.1, 0.15) is 12.0 Å². The highest BCUT2D eigenvalue weighted by Crippen LogP contribution is 2.34. The Kier molecular flexibility index (Phi) is 5.31. The van der Waals surface area contributed by atoms with Crippen molar-refractivity contribution in [2.24, 2.45) is 0 Å². The van der Waals surface area contributed by atoms with Gasteiger partial charge in [-0.15, -0.1) is 0 Å². The third-order valence-electron chi connectivity index (χ3n) is 6.83. The zero-order valence-corrected chi connectivity index (χ0v) is 20.7. The second kappa shape index (κ2) is 8.74.